The highest BCUT2D eigenvalue weighted by Crippen LogP contribution is 2.29. The Morgan fingerprint density at radius 1 is 1.50 bits per heavy atom. The van der Waals surface area contributed by atoms with Gasteiger partial charge in [0, 0.05) is 0 Å². The molecule has 1 atom stereocenters. The van der Waals surface area contributed by atoms with E-state index in [2.05, 4.69) is 5.32 Å². The van der Waals surface area contributed by atoms with Gasteiger partial charge >= 0.3 is 0 Å². The Kier molecular flexibility index (Phi) is 3.50. The van der Waals surface area contributed by atoms with Crippen LogP contribution in [0.4, 0.5) is 4.39 Å². The summed E-state index contributed by atoms with van der Waals surface area (Å²) in [5.74, 6) is 0.308. The van der Waals surface area contributed by atoms with E-state index in [9.17, 15) is 4.39 Å². The summed E-state index contributed by atoms with van der Waals surface area (Å²) < 4.78 is 13.5. The van der Waals surface area contributed by atoms with E-state index in [4.69, 9.17) is 11.6 Å². The summed E-state index contributed by atoms with van der Waals surface area (Å²) in [4.78, 5) is 0. The molecule has 16 heavy (non-hydrogen) atoms. The summed E-state index contributed by atoms with van der Waals surface area (Å²) in [5, 5.41) is 3.64. The first-order valence-corrected chi connectivity index (χ1v) is 6.12. The zero-order chi connectivity index (χ0) is 11.7. The molecule has 0 aliphatic carbocycles. The van der Waals surface area contributed by atoms with Gasteiger partial charge in [0.05, 0.1) is 5.02 Å². The van der Waals surface area contributed by atoms with E-state index in [1.54, 1.807) is 0 Å². The Balaban J connectivity index is 2.31. The van der Waals surface area contributed by atoms with Gasteiger partial charge in [-0.3, -0.25) is 0 Å². The lowest BCUT2D eigenvalue weighted by atomic mass is 9.93. The van der Waals surface area contributed by atoms with Gasteiger partial charge in [-0.25, -0.2) is 4.39 Å². The molecule has 1 aromatic rings. The predicted octanol–water partition coefficient (Wildman–Crippen LogP) is 3.25. The number of hydrogen-bond acceptors (Lipinski definition) is 1. The average molecular weight is 242 g/mol. The van der Waals surface area contributed by atoms with E-state index in [1.807, 2.05) is 13.8 Å². The van der Waals surface area contributed by atoms with Crippen LogP contribution < -0.4 is 5.32 Å². The monoisotopic (exact) mass is 241 g/mol. The maximum atomic E-state index is 13.5. The average Bonchev–Trinajstić information content (AvgIpc) is 2.74. The van der Waals surface area contributed by atoms with Crippen LogP contribution in [0.1, 0.15) is 23.1 Å². The fourth-order valence-corrected chi connectivity index (χ4v) is 2.60. The molecule has 0 saturated carbocycles. The maximum Gasteiger partial charge on any atom is 0.142 e. The molecular formula is C13H17ClFN. The molecule has 1 N–H and O–H groups in total. The Bertz CT molecular complexity index is 371. The van der Waals surface area contributed by atoms with E-state index < -0.39 is 0 Å². The molecule has 0 radical (unpaired) electrons. The first-order chi connectivity index (χ1) is 7.59. The summed E-state index contributed by atoms with van der Waals surface area (Å²) in [6.45, 7) is 6.05. The fraction of sp³-hybridized carbons (Fsp3) is 0.538. The molecule has 1 saturated heterocycles. The van der Waals surface area contributed by atoms with Crippen molar-refractivity contribution >= 4 is 11.6 Å². The third kappa shape index (κ3) is 2.23. The van der Waals surface area contributed by atoms with Crippen LogP contribution in [0.2, 0.25) is 5.02 Å². The molecule has 3 heteroatoms. The van der Waals surface area contributed by atoms with E-state index in [-0.39, 0.29) is 5.82 Å². The van der Waals surface area contributed by atoms with Crippen LogP contribution in [0.3, 0.4) is 0 Å². The van der Waals surface area contributed by atoms with Crippen LogP contribution in [0.5, 0.6) is 0 Å². The number of aryl methyl sites for hydroxylation is 1. The van der Waals surface area contributed by atoms with Crippen molar-refractivity contribution in [1.82, 2.24) is 5.32 Å². The Morgan fingerprint density at radius 2 is 2.25 bits per heavy atom. The van der Waals surface area contributed by atoms with Gasteiger partial charge in [-0.1, -0.05) is 11.6 Å². The molecule has 1 aliphatic heterocycles. The minimum Gasteiger partial charge on any atom is -0.316 e. The second-order valence-electron chi connectivity index (χ2n) is 4.66. The summed E-state index contributed by atoms with van der Waals surface area (Å²) in [6, 6.07) is 1.52. The third-order valence-corrected chi connectivity index (χ3v) is 3.93. The second-order valence-corrected chi connectivity index (χ2v) is 5.03. The SMILES string of the molecule is Cc1cc(F)c(Cl)c(CC2CCNC2)c1C. The van der Waals surface area contributed by atoms with Crippen LogP contribution in [0.25, 0.3) is 0 Å². The molecule has 1 unspecified atom stereocenters. The molecule has 1 aliphatic rings. The zero-order valence-electron chi connectivity index (χ0n) is 9.74. The Morgan fingerprint density at radius 3 is 2.88 bits per heavy atom. The highest BCUT2D eigenvalue weighted by Gasteiger charge is 2.19. The molecule has 0 bridgehead atoms. The number of benzene rings is 1. The summed E-state index contributed by atoms with van der Waals surface area (Å²) in [7, 11) is 0. The molecule has 0 amide bonds. The van der Waals surface area contributed by atoms with Gasteiger partial charge < -0.3 is 5.32 Å². The van der Waals surface area contributed by atoms with Crippen molar-refractivity contribution in [3.63, 3.8) is 0 Å². The standard InChI is InChI=1S/C13H17ClFN/c1-8-5-12(15)13(14)11(9(8)2)6-10-3-4-16-7-10/h5,10,16H,3-4,6-7H2,1-2H3. The Labute approximate surface area is 101 Å². The Hall–Kier alpha value is -0.600. The highest BCUT2D eigenvalue weighted by atomic mass is 35.5. The molecule has 1 aromatic carbocycles. The summed E-state index contributed by atoms with van der Waals surface area (Å²) >= 11 is 6.05. The number of hydrogen-bond donors (Lipinski definition) is 1. The van der Waals surface area contributed by atoms with E-state index in [1.165, 1.54) is 6.07 Å². The molecule has 0 aromatic heterocycles. The number of halogens is 2. The first-order valence-electron chi connectivity index (χ1n) is 5.74. The van der Waals surface area contributed by atoms with E-state index in [0.29, 0.717) is 10.9 Å². The van der Waals surface area contributed by atoms with Crippen LogP contribution in [0, 0.1) is 25.6 Å². The topological polar surface area (TPSA) is 12.0 Å². The van der Waals surface area contributed by atoms with Crippen molar-refractivity contribution in [2.45, 2.75) is 26.7 Å². The zero-order valence-corrected chi connectivity index (χ0v) is 10.5. The van der Waals surface area contributed by atoms with Crippen LogP contribution in [-0.2, 0) is 6.42 Å². The van der Waals surface area contributed by atoms with E-state index in [0.717, 1.165) is 42.6 Å². The summed E-state index contributed by atoms with van der Waals surface area (Å²) in [5.41, 5.74) is 3.12. The lowest BCUT2D eigenvalue weighted by Gasteiger charge is -2.15. The van der Waals surface area contributed by atoms with Gasteiger partial charge in [-0.15, -0.1) is 0 Å². The van der Waals surface area contributed by atoms with Crippen molar-refractivity contribution < 1.29 is 4.39 Å². The van der Waals surface area contributed by atoms with Crippen molar-refractivity contribution in [2.24, 2.45) is 5.92 Å². The molecule has 2 rings (SSSR count). The molecule has 0 spiro atoms. The molecule has 1 nitrogen and oxygen atoms in total. The lowest BCUT2D eigenvalue weighted by molar-refractivity contribution is 0.571. The number of rotatable bonds is 2. The van der Waals surface area contributed by atoms with Crippen LogP contribution >= 0.6 is 11.6 Å². The smallest absolute Gasteiger partial charge is 0.142 e. The second kappa shape index (κ2) is 4.72. The van der Waals surface area contributed by atoms with Crippen molar-refractivity contribution in [2.75, 3.05) is 13.1 Å². The number of nitrogens with one attached hydrogen (secondary N) is 1. The van der Waals surface area contributed by atoms with E-state index >= 15 is 0 Å². The maximum absolute atomic E-state index is 13.5. The van der Waals surface area contributed by atoms with Crippen LogP contribution in [0.15, 0.2) is 6.07 Å². The van der Waals surface area contributed by atoms with Gasteiger partial charge in [0.2, 0.25) is 0 Å². The molecular weight excluding hydrogens is 225 g/mol. The summed E-state index contributed by atoms with van der Waals surface area (Å²) in [6.07, 6.45) is 2.04. The minimum atomic E-state index is -0.286. The van der Waals surface area contributed by atoms with Gasteiger partial charge in [-0.05, 0) is 68.5 Å². The van der Waals surface area contributed by atoms with Crippen molar-refractivity contribution in [1.29, 1.82) is 0 Å². The van der Waals surface area contributed by atoms with Gasteiger partial charge in [-0.2, -0.15) is 0 Å². The van der Waals surface area contributed by atoms with Crippen molar-refractivity contribution in [3.8, 4) is 0 Å². The molecule has 1 fully saturated rings. The highest BCUT2D eigenvalue weighted by molar-refractivity contribution is 6.31. The normalized spacial score (nSPS) is 20.4. The van der Waals surface area contributed by atoms with Gasteiger partial charge in [0.15, 0.2) is 0 Å². The van der Waals surface area contributed by atoms with Crippen LogP contribution in [-0.4, -0.2) is 13.1 Å². The first kappa shape index (κ1) is 11.9. The third-order valence-electron chi connectivity index (χ3n) is 3.52. The lowest BCUT2D eigenvalue weighted by Crippen LogP contribution is -2.12. The fourth-order valence-electron chi connectivity index (χ4n) is 2.33. The minimum absolute atomic E-state index is 0.286. The largest absolute Gasteiger partial charge is 0.316 e. The predicted molar refractivity (Wildman–Crippen MR) is 65.6 cm³/mol. The van der Waals surface area contributed by atoms with Crippen molar-refractivity contribution in [3.05, 3.63) is 33.6 Å². The van der Waals surface area contributed by atoms with Gasteiger partial charge in [0.1, 0.15) is 5.82 Å². The quantitative estimate of drug-likeness (QED) is 0.838. The molecule has 1 heterocycles. The molecule has 88 valence electrons. The van der Waals surface area contributed by atoms with Gasteiger partial charge in [0.25, 0.3) is 0 Å².